The zero-order valence-corrected chi connectivity index (χ0v) is 15.5. The van der Waals surface area contributed by atoms with Gasteiger partial charge in [0.2, 0.25) is 0 Å². The van der Waals surface area contributed by atoms with Crippen LogP contribution in [0.25, 0.3) is 0 Å². The van der Waals surface area contributed by atoms with E-state index in [1.807, 2.05) is 11.8 Å². The molecule has 1 aliphatic rings. The molecule has 21 heavy (non-hydrogen) atoms. The highest BCUT2D eigenvalue weighted by Crippen LogP contribution is 2.30. The number of hydrogen-bond acceptors (Lipinski definition) is 4. The Morgan fingerprint density at radius 1 is 1.24 bits per heavy atom. The van der Waals surface area contributed by atoms with Crippen LogP contribution in [0.1, 0.15) is 60.3 Å². The molecule has 0 radical (unpaired) electrons. The maximum atomic E-state index is 4.71. The van der Waals surface area contributed by atoms with Gasteiger partial charge in [-0.2, -0.15) is 0 Å². The quantitative estimate of drug-likeness (QED) is 0.661. The number of nitrogens with zero attached hydrogens (tertiary/aromatic N) is 2. The number of hydrogen-bond donors (Lipinski definition) is 1. The van der Waals surface area contributed by atoms with Crippen LogP contribution >= 0.6 is 11.8 Å². The minimum atomic E-state index is 0.535. The third kappa shape index (κ3) is 6.60. The SMILES string of the molecule is CCC(CC)C1CN=C(NC(C)CCCN(CC)CC)S1. The van der Waals surface area contributed by atoms with Gasteiger partial charge in [-0.05, 0) is 45.3 Å². The van der Waals surface area contributed by atoms with Crippen molar-refractivity contribution in [3.05, 3.63) is 0 Å². The normalized spacial score (nSPS) is 20.1. The summed E-state index contributed by atoms with van der Waals surface area (Å²) in [5, 5.41) is 5.50. The third-order valence-electron chi connectivity index (χ3n) is 4.63. The Bertz CT molecular complexity index is 298. The van der Waals surface area contributed by atoms with Gasteiger partial charge in [-0.1, -0.05) is 52.3 Å². The summed E-state index contributed by atoms with van der Waals surface area (Å²) < 4.78 is 0. The van der Waals surface area contributed by atoms with Crippen LogP contribution in [0.2, 0.25) is 0 Å². The molecule has 2 unspecified atom stereocenters. The first-order valence-electron chi connectivity index (χ1n) is 8.84. The van der Waals surface area contributed by atoms with E-state index in [0.29, 0.717) is 11.3 Å². The van der Waals surface area contributed by atoms with E-state index >= 15 is 0 Å². The smallest absolute Gasteiger partial charge is 0.157 e. The van der Waals surface area contributed by atoms with Crippen molar-refractivity contribution in [3.8, 4) is 0 Å². The van der Waals surface area contributed by atoms with Gasteiger partial charge in [0, 0.05) is 11.3 Å². The molecule has 1 N–H and O–H groups in total. The van der Waals surface area contributed by atoms with E-state index in [2.05, 4.69) is 44.8 Å². The van der Waals surface area contributed by atoms with Crippen molar-refractivity contribution in [1.29, 1.82) is 0 Å². The van der Waals surface area contributed by atoms with Crippen molar-refractivity contribution in [3.63, 3.8) is 0 Å². The van der Waals surface area contributed by atoms with E-state index in [9.17, 15) is 0 Å². The molecule has 1 rings (SSSR count). The zero-order valence-electron chi connectivity index (χ0n) is 14.7. The average molecular weight is 314 g/mol. The highest BCUT2D eigenvalue weighted by Gasteiger charge is 2.26. The van der Waals surface area contributed by atoms with Crippen LogP contribution in [-0.4, -0.2) is 47.5 Å². The summed E-state index contributed by atoms with van der Waals surface area (Å²) in [5.74, 6) is 0.816. The molecule has 0 aromatic rings. The van der Waals surface area contributed by atoms with E-state index in [1.54, 1.807) is 0 Å². The highest BCUT2D eigenvalue weighted by molar-refractivity contribution is 8.14. The fourth-order valence-electron chi connectivity index (χ4n) is 2.97. The molecule has 0 amide bonds. The summed E-state index contributed by atoms with van der Waals surface area (Å²) >= 11 is 1.97. The lowest BCUT2D eigenvalue weighted by Gasteiger charge is -2.21. The largest absolute Gasteiger partial charge is 0.362 e. The Morgan fingerprint density at radius 3 is 2.48 bits per heavy atom. The highest BCUT2D eigenvalue weighted by atomic mass is 32.2. The minimum absolute atomic E-state index is 0.535. The molecule has 0 aromatic heterocycles. The molecule has 0 fully saturated rings. The van der Waals surface area contributed by atoms with Crippen LogP contribution in [0.4, 0.5) is 0 Å². The van der Waals surface area contributed by atoms with Gasteiger partial charge in [0.25, 0.3) is 0 Å². The van der Waals surface area contributed by atoms with Crippen LogP contribution < -0.4 is 5.32 Å². The Morgan fingerprint density at radius 2 is 1.90 bits per heavy atom. The van der Waals surface area contributed by atoms with Gasteiger partial charge >= 0.3 is 0 Å². The van der Waals surface area contributed by atoms with E-state index < -0.39 is 0 Å². The van der Waals surface area contributed by atoms with E-state index in [-0.39, 0.29) is 0 Å². The summed E-state index contributed by atoms with van der Waals surface area (Å²) in [7, 11) is 0. The predicted octanol–water partition coefficient (Wildman–Crippen LogP) is 3.99. The third-order valence-corrected chi connectivity index (χ3v) is 5.94. The van der Waals surface area contributed by atoms with Gasteiger partial charge in [-0.3, -0.25) is 4.99 Å². The number of aliphatic imine (C=N–C) groups is 1. The zero-order chi connectivity index (χ0) is 15.7. The first-order chi connectivity index (χ1) is 10.1. The molecular weight excluding hydrogens is 278 g/mol. The fourth-order valence-corrected chi connectivity index (χ4v) is 4.41. The lowest BCUT2D eigenvalue weighted by Crippen LogP contribution is -2.32. The van der Waals surface area contributed by atoms with Gasteiger partial charge in [0.15, 0.2) is 5.17 Å². The first kappa shape index (κ1) is 18.8. The van der Waals surface area contributed by atoms with Crippen LogP contribution in [0, 0.1) is 5.92 Å². The standard InChI is InChI=1S/C17H35N3S/c1-6-15(7-2)16-13-18-17(21-16)19-14(5)11-10-12-20(8-3)9-4/h14-16H,6-13H2,1-5H3,(H,18,19). The monoisotopic (exact) mass is 313 g/mol. The average Bonchev–Trinajstić information content (AvgIpc) is 2.93. The fraction of sp³-hybridized carbons (Fsp3) is 0.941. The van der Waals surface area contributed by atoms with Crippen molar-refractivity contribution in [2.24, 2.45) is 10.9 Å². The summed E-state index contributed by atoms with van der Waals surface area (Å²) in [5.41, 5.74) is 0. The van der Waals surface area contributed by atoms with Crippen molar-refractivity contribution in [2.75, 3.05) is 26.2 Å². The van der Waals surface area contributed by atoms with Crippen molar-refractivity contribution < 1.29 is 0 Å². The number of nitrogens with one attached hydrogen (secondary N) is 1. The van der Waals surface area contributed by atoms with Gasteiger partial charge in [0.05, 0.1) is 6.54 Å². The second kappa shape index (κ2) is 10.5. The number of thioether (sulfide) groups is 1. The lowest BCUT2D eigenvalue weighted by molar-refractivity contribution is 0.293. The molecule has 3 nitrogen and oxygen atoms in total. The maximum Gasteiger partial charge on any atom is 0.157 e. The van der Waals surface area contributed by atoms with Crippen LogP contribution in [0.15, 0.2) is 4.99 Å². The number of amidine groups is 1. The Balaban J connectivity index is 2.22. The van der Waals surface area contributed by atoms with Gasteiger partial charge in [-0.15, -0.1) is 0 Å². The second-order valence-corrected chi connectivity index (χ2v) is 7.32. The Labute approximate surface area is 136 Å². The van der Waals surface area contributed by atoms with Gasteiger partial charge < -0.3 is 10.2 Å². The molecule has 2 atom stereocenters. The molecule has 4 heteroatoms. The van der Waals surface area contributed by atoms with Gasteiger partial charge in [0.1, 0.15) is 0 Å². The molecule has 1 heterocycles. The van der Waals surface area contributed by atoms with E-state index in [1.165, 1.54) is 37.4 Å². The lowest BCUT2D eigenvalue weighted by atomic mass is 9.99. The summed E-state index contributed by atoms with van der Waals surface area (Å²) in [6, 6.07) is 0.535. The summed E-state index contributed by atoms with van der Waals surface area (Å²) in [6.45, 7) is 15.9. The van der Waals surface area contributed by atoms with Crippen LogP contribution in [0.3, 0.4) is 0 Å². The van der Waals surface area contributed by atoms with Crippen molar-refractivity contribution in [1.82, 2.24) is 10.2 Å². The predicted molar refractivity (Wildman–Crippen MR) is 97.4 cm³/mol. The Kier molecular flexibility index (Phi) is 9.41. The second-order valence-electron chi connectivity index (χ2n) is 6.09. The summed E-state index contributed by atoms with van der Waals surface area (Å²) in [6.07, 6.45) is 5.04. The molecule has 124 valence electrons. The molecule has 1 aliphatic heterocycles. The topological polar surface area (TPSA) is 27.6 Å². The summed E-state index contributed by atoms with van der Waals surface area (Å²) in [4.78, 5) is 7.21. The van der Waals surface area contributed by atoms with E-state index in [0.717, 1.165) is 25.6 Å². The van der Waals surface area contributed by atoms with Gasteiger partial charge in [-0.25, -0.2) is 0 Å². The molecule has 0 aromatic carbocycles. The first-order valence-corrected chi connectivity index (χ1v) is 9.72. The molecule has 0 saturated carbocycles. The minimum Gasteiger partial charge on any atom is -0.362 e. The molecule has 0 aliphatic carbocycles. The molecule has 0 saturated heterocycles. The van der Waals surface area contributed by atoms with E-state index in [4.69, 9.17) is 4.99 Å². The van der Waals surface area contributed by atoms with Crippen LogP contribution in [0.5, 0.6) is 0 Å². The van der Waals surface area contributed by atoms with Crippen LogP contribution in [-0.2, 0) is 0 Å². The van der Waals surface area contributed by atoms with Crippen molar-refractivity contribution >= 4 is 16.9 Å². The maximum absolute atomic E-state index is 4.71. The molecule has 0 spiro atoms. The molecule has 0 bridgehead atoms. The van der Waals surface area contributed by atoms with Crippen molar-refractivity contribution in [2.45, 2.75) is 71.6 Å². The Hall–Kier alpha value is -0.220. The number of rotatable bonds is 10. The molecular formula is C17H35N3S.